The summed E-state index contributed by atoms with van der Waals surface area (Å²) in [7, 11) is 0. The third-order valence-electron chi connectivity index (χ3n) is 2.65. The van der Waals surface area contributed by atoms with E-state index in [1.165, 1.54) is 18.2 Å². The summed E-state index contributed by atoms with van der Waals surface area (Å²) in [6.45, 7) is 0. The van der Waals surface area contributed by atoms with Crippen molar-refractivity contribution in [2.75, 3.05) is 0 Å². The molecule has 1 fully saturated rings. The maximum atomic E-state index is 13.0. The minimum Gasteiger partial charge on any atom is -0.481 e. The minimum absolute atomic E-state index is 0.0590. The summed E-state index contributed by atoms with van der Waals surface area (Å²) in [5, 5.41) is 11.5. The lowest BCUT2D eigenvalue weighted by Crippen LogP contribution is -2.24. The molecule has 0 spiro atoms. The first-order valence-electron chi connectivity index (χ1n) is 4.85. The summed E-state index contributed by atoms with van der Waals surface area (Å²) in [6, 6.07) is 4.98. The lowest BCUT2D eigenvalue weighted by Gasteiger charge is -2.15. The molecule has 0 bridgehead atoms. The number of hydrogen-bond acceptors (Lipinski definition) is 2. The fourth-order valence-electron chi connectivity index (χ4n) is 1.90. The molecule has 1 aromatic rings. The van der Waals surface area contributed by atoms with Crippen LogP contribution in [-0.2, 0) is 9.59 Å². The van der Waals surface area contributed by atoms with Gasteiger partial charge in [0, 0.05) is 6.42 Å². The first-order valence-corrected chi connectivity index (χ1v) is 4.85. The number of carboxylic acid groups (broad SMARTS) is 1. The quantitative estimate of drug-likeness (QED) is 0.788. The average Bonchev–Trinajstić information content (AvgIpc) is 2.60. The van der Waals surface area contributed by atoms with E-state index in [1.807, 2.05) is 0 Å². The van der Waals surface area contributed by atoms with Gasteiger partial charge in [0.1, 0.15) is 5.82 Å². The van der Waals surface area contributed by atoms with Crippen LogP contribution in [0.2, 0.25) is 0 Å². The molecule has 0 aliphatic carbocycles. The Morgan fingerprint density at radius 2 is 2.25 bits per heavy atom. The molecule has 4 nitrogen and oxygen atoms in total. The number of carbonyl (C=O) groups is 2. The molecule has 5 heteroatoms. The van der Waals surface area contributed by atoms with Gasteiger partial charge in [0.2, 0.25) is 5.91 Å². The zero-order valence-corrected chi connectivity index (χ0v) is 8.31. The van der Waals surface area contributed by atoms with Crippen molar-refractivity contribution in [2.24, 2.45) is 5.92 Å². The van der Waals surface area contributed by atoms with Crippen molar-refractivity contribution >= 4 is 11.9 Å². The van der Waals surface area contributed by atoms with Crippen molar-refractivity contribution in [2.45, 2.75) is 12.5 Å². The molecule has 1 aromatic carbocycles. The Bertz CT molecular complexity index is 447. The van der Waals surface area contributed by atoms with Crippen LogP contribution in [0.4, 0.5) is 4.39 Å². The molecule has 0 saturated carbocycles. The van der Waals surface area contributed by atoms with Gasteiger partial charge in [0.25, 0.3) is 0 Å². The summed E-state index contributed by atoms with van der Waals surface area (Å²) in [5.41, 5.74) is 0.484. The van der Waals surface area contributed by atoms with Gasteiger partial charge in [-0.1, -0.05) is 12.1 Å². The van der Waals surface area contributed by atoms with Crippen LogP contribution >= 0.6 is 0 Å². The normalized spacial score (nSPS) is 24.2. The van der Waals surface area contributed by atoms with E-state index in [9.17, 15) is 14.0 Å². The van der Waals surface area contributed by atoms with Crippen molar-refractivity contribution in [3.63, 3.8) is 0 Å². The Balaban J connectivity index is 2.32. The second-order valence-electron chi connectivity index (χ2n) is 3.75. The Kier molecular flexibility index (Phi) is 2.60. The van der Waals surface area contributed by atoms with Crippen molar-refractivity contribution < 1.29 is 19.1 Å². The van der Waals surface area contributed by atoms with E-state index in [0.29, 0.717) is 5.56 Å². The van der Waals surface area contributed by atoms with E-state index in [1.54, 1.807) is 6.07 Å². The van der Waals surface area contributed by atoms with E-state index in [2.05, 4.69) is 5.32 Å². The lowest BCUT2D eigenvalue weighted by molar-refractivity contribution is -0.142. The SMILES string of the molecule is O=C1C[C@H](C(=O)O)[C@@H](c2cccc(F)c2)N1. The summed E-state index contributed by atoms with van der Waals surface area (Å²) in [5.74, 6) is -2.63. The topological polar surface area (TPSA) is 66.4 Å². The summed E-state index contributed by atoms with van der Waals surface area (Å²) in [6.07, 6.45) is -0.0590. The van der Waals surface area contributed by atoms with E-state index in [0.717, 1.165) is 0 Å². The molecule has 1 aliphatic rings. The molecule has 16 heavy (non-hydrogen) atoms. The van der Waals surface area contributed by atoms with E-state index >= 15 is 0 Å². The molecule has 84 valence electrons. The highest BCUT2D eigenvalue weighted by Gasteiger charge is 2.38. The zero-order valence-electron chi connectivity index (χ0n) is 8.31. The van der Waals surface area contributed by atoms with Gasteiger partial charge in [-0.25, -0.2) is 4.39 Å². The first-order chi connectivity index (χ1) is 7.58. The van der Waals surface area contributed by atoms with Crippen LogP contribution in [0.3, 0.4) is 0 Å². The number of benzene rings is 1. The fraction of sp³-hybridized carbons (Fsp3) is 0.273. The van der Waals surface area contributed by atoms with Crippen LogP contribution < -0.4 is 5.32 Å². The van der Waals surface area contributed by atoms with Gasteiger partial charge in [-0.3, -0.25) is 9.59 Å². The van der Waals surface area contributed by atoms with Crippen LogP contribution in [0.5, 0.6) is 0 Å². The number of carboxylic acids is 1. The van der Waals surface area contributed by atoms with Crippen LogP contribution in [0.25, 0.3) is 0 Å². The monoisotopic (exact) mass is 223 g/mol. The Morgan fingerprint density at radius 1 is 1.50 bits per heavy atom. The maximum Gasteiger partial charge on any atom is 0.309 e. The van der Waals surface area contributed by atoms with Gasteiger partial charge >= 0.3 is 5.97 Å². The molecule has 2 rings (SSSR count). The predicted molar refractivity (Wildman–Crippen MR) is 53.0 cm³/mol. The third kappa shape index (κ3) is 1.88. The average molecular weight is 223 g/mol. The Hall–Kier alpha value is -1.91. The number of amides is 1. The summed E-state index contributed by atoms with van der Waals surface area (Å²) >= 11 is 0. The molecule has 1 aliphatic heterocycles. The second kappa shape index (κ2) is 3.92. The highest BCUT2D eigenvalue weighted by Crippen LogP contribution is 2.30. The number of halogens is 1. The molecule has 0 aromatic heterocycles. The molecule has 1 saturated heterocycles. The molecule has 0 unspecified atom stereocenters. The largest absolute Gasteiger partial charge is 0.481 e. The molecule has 1 amide bonds. The molecule has 2 atom stereocenters. The molecular weight excluding hydrogens is 213 g/mol. The van der Waals surface area contributed by atoms with Crippen molar-refractivity contribution in [1.82, 2.24) is 5.32 Å². The van der Waals surface area contributed by atoms with Crippen molar-refractivity contribution in [1.29, 1.82) is 0 Å². The Morgan fingerprint density at radius 3 is 2.88 bits per heavy atom. The van der Waals surface area contributed by atoms with Crippen molar-refractivity contribution in [3.05, 3.63) is 35.6 Å². The maximum absolute atomic E-state index is 13.0. The van der Waals surface area contributed by atoms with Gasteiger partial charge in [0.05, 0.1) is 12.0 Å². The molecule has 2 N–H and O–H groups in total. The number of hydrogen-bond donors (Lipinski definition) is 2. The van der Waals surface area contributed by atoms with E-state index < -0.39 is 23.7 Å². The fourth-order valence-corrected chi connectivity index (χ4v) is 1.90. The standard InChI is InChI=1S/C11H10FNO3/c12-7-3-1-2-6(4-7)10-8(11(15)16)5-9(14)13-10/h1-4,8,10H,5H2,(H,13,14)(H,15,16)/t8-,10+/m0/s1. The number of carbonyl (C=O) groups excluding carboxylic acids is 1. The summed E-state index contributed by atoms with van der Waals surface area (Å²) < 4.78 is 13.0. The molecular formula is C11H10FNO3. The van der Waals surface area contributed by atoms with Gasteiger partial charge in [-0.2, -0.15) is 0 Å². The third-order valence-corrected chi connectivity index (χ3v) is 2.65. The van der Waals surface area contributed by atoms with Crippen LogP contribution in [0.15, 0.2) is 24.3 Å². The Labute approximate surface area is 91.1 Å². The van der Waals surface area contributed by atoms with Gasteiger partial charge in [0.15, 0.2) is 0 Å². The van der Waals surface area contributed by atoms with Gasteiger partial charge in [-0.15, -0.1) is 0 Å². The highest BCUT2D eigenvalue weighted by molar-refractivity contribution is 5.87. The smallest absolute Gasteiger partial charge is 0.309 e. The number of nitrogens with one attached hydrogen (secondary N) is 1. The predicted octanol–water partition coefficient (Wildman–Crippen LogP) is 1.09. The summed E-state index contributed by atoms with van der Waals surface area (Å²) in [4.78, 5) is 22.1. The van der Waals surface area contributed by atoms with E-state index in [4.69, 9.17) is 5.11 Å². The van der Waals surface area contributed by atoms with Crippen molar-refractivity contribution in [3.8, 4) is 0 Å². The van der Waals surface area contributed by atoms with Gasteiger partial charge in [-0.05, 0) is 17.7 Å². The molecule has 0 radical (unpaired) electrons. The number of aliphatic carboxylic acids is 1. The molecule has 1 heterocycles. The zero-order chi connectivity index (χ0) is 11.7. The van der Waals surface area contributed by atoms with Crippen LogP contribution in [0, 0.1) is 11.7 Å². The van der Waals surface area contributed by atoms with Crippen LogP contribution in [-0.4, -0.2) is 17.0 Å². The highest BCUT2D eigenvalue weighted by atomic mass is 19.1. The number of rotatable bonds is 2. The first kappa shape index (κ1) is 10.6. The lowest BCUT2D eigenvalue weighted by atomic mass is 9.94. The van der Waals surface area contributed by atoms with E-state index in [-0.39, 0.29) is 12.3 Å². The second-order valence-corrected chi connectivity index (χ2v) is 3.75. The van der Waals surface area contributed by atoms with Gasteiger partial charge < -0.3 is 10.4 Å². The van der Waals surface area contributed by atoms with Crippen LogP contribution in [0.1, 0.15) is 18.0 Å². The minimum atomic E-state index is -1.05.